The summed E-state index contributed by atoms with van der Waals surface area (Å²) in [5, 5.41) is 10.7. The van der Waals surface area contributed by atoms with E-state index in [0.717, 1.165) is 42.2 Å². The van der Waals surface area contributed by atoms with Gasteiger partial charge in [0.15, 0.2) is 0 Å². The van der Waals surface area contributed by atoms with Crippen molar-refractivity contribution in [1.82, 2.24) is 0 Å². The number of fused-ring (bicyclic) bond motifs is 1. The number of hydrogen-bond acceptors (Lipinski definition) is 2. The number of hydrogen-bond donors (Lipinski definition) is 1. The molecule has 1 N–H and O–H groups in total. The Kier molecular flexibility index (Phi) is 3.19. The maximum absolute atomic E-state index is 10.7. The average molecular weight is 280 g/mol. The van der Waals surface area contributed by atoms with Crippen LogP contribution in [0.4, 0.5) is 0 Å². The van der Waals surface area contributed by atoms with Crippen LogP contribution in [0, 0.1) is 0 Å². The van der Waals surface area contributed by atoms with Gasteiger partial charge in [0.1, 0.15) is 11.9 Å². The molecule has 1 saturated carbocycles. The van der Waals surface area contributed by atoms with Gasteiger partial charge in [0, 0.05) is 5.56 Å². The topological polar surface area (TPSA) is 29.5 Å². The lowest BCUT2D eigenvalue weighted by Gasteiger charge is -2.23. The van der Waals surface area contributed by atoms with E-state index in [1.165, 1.54) is 24.0 Å². The van der Waals surface area contributed by atoms with Crippen LogP contribution in [-0.2, 0) is 6.42 Å². The van der Waals surface area contributed by atoms with Crippen molar-refractivity contribution in [1.29, 1.82) is 0 Å². The predicted molar refractivity (Wildman–Crippen MR) is 82.7 cm³/mol. The maximum Gasteiger partial charge on any atom is 0.128 e. The quantitative estimate of drug-likeness (QED) is 0.921. The van der Waals surface area contributed by atoms with Gasteiger partial charge in [-0.3, -0.25) is 0 Å². The molecule has 1 atom stereocenters. The fourth-order valence-electron chi connectivity index (χ4n) is 3.18. The van der Waals surface area contributed by atoms with Gasteiger partial charge in [-0.1, -0.05) is 42.5 Å². The van der Waals surface area contributed by atoms with E-state index in [1.807, 2.05) is 12.1 Å². The minimum absolute atomic E-state index is 0.605. The van der Waals surface area contributed by atoms with Gasteiger partial charge in [0.25, 0.3) is 0 Å². The number of aliphatic hydroxyl groups is 1. The van der Waals surface area contributed by atoms with Crippen LogP contribution in [0.3, 0.4) is 0 Å². The predicted octanol–water partition coefficient (Wildman–Crippen LogP) is 3.97. The number of ether oxygens (including phenoxy) is 1. The Morgan fingerprint density at radius 1 is 1.05 bits per heavy atom. The molecule has 1 fully saturated rings. The normalized spacial score (nSPS) is 18.7. The highest BCUT2D eigenvalue weighted by atomic mass is 16.5. The van der Waals surface area contributed by atoms with Crippen molar-refractivity contribution in [2.24, 2.45) is 0 Å². The van der Waals surface area contributed by atoms with Crippen molar-refractivity contribution in [3.8, 4) is 5.75 Å². The van der Waals surface area contributed by atoms with Gasteiger partial charge in [-0.25, -0.2) is 0 Å². The molecule has 0 bridgehead atoms. The molecular formula is C19H20O2. The zero-order valence-electron chi connectivity index (χ0n) is 12.1. The van der Waals surface area contributed by atoms with Gasteiger partial charge < -0.3 is 9.84 Å². The van der Waals surface area contributed by atoms with E-state index in [2.05, 4.69) is 30.3 Å². The first-order valence-corrected chi connectivity index (χ1v) is 7.85. The van der Waals surface area contributed by atoms with Gasteiger partial charge in [-0.2, -0.15) is 0 Å². The SMILES string of the molecule is OC(c1ccc(C2CC2)cc1)c1cccc2c1OCCC2. The van der Waals surface area contributed by atoms with Crippen molar-refractivity contribution in [2.75, 3.05) is 6.61 Å². The summed E-state index contributed by atoms with van der Waals surface area (Å²) in [5.41, 5.74) is 4.46. The van der Waals surface area contributed by atoms with Crippen LogP contribution in [0.1, 0.15) is 53.5 Å². The van der Waals surface area contributed by atoms with Gasteiger partial charge in [-0.15, -0.1) is 0 Å². The van der Waals surface area contributed by atoms with Gasteiger partial charge >= 0.3 is 0 Å². The largest absolute Gasteiger partial charge is 0.493 e. The molecule has 0 radical (unpaired) electrons. The molecular weight excluding hydrogens is 260 g/mol. The Hall–Kier alpha value is -1.80. The molecule has 2 aromatic carbocycles. The van der Waals surface area contributed by atoms with E-state index >= 15 is 0 Å². The van der Waals surface area contributed by atoms with Gasteiger partial charge in [0.2, 0.25) is 0 Å². The third-order valence-electron chi connectivity index (χ3n) is 4.56. The molecule has 0 saturated heterocycles. The summed E-state index contributed by atoms with van der Waals surface area (Å²) in [6.45, 7) is 0.747. The van der Waals surface area contributed by atoms with E-state index in [9.17, 15) is 5.11 Å². The maximum atomic E-state index is 10.7. The number of aliphatic hydroxyl groups excluding tert-OH is 1. The van der Waals surface area contributed by atoms with Crippen molar-refractivity contribution in [3.05, 3.63) is 64.7 Å². The fraction of sp³-hybridized carbons (Fsp3) is 0.368. The minimum Gasteiger partial charge on any atom is -0.493 e. The number of rotatable bonds is 3. The Bertz CT molecular complexity index is 641. The van der Waals surface area contributed by atoms with Crippen molar-refractivity contribution >= 4 is 0 Å². The molecule has 21 heavy (non-hydrogen) atoms. The molecule has 0 amide bonds. The van der Waals surface area contributed by atoms with Crippen LogP contribution in [-0.4, -0.2) is 11.7 Å². The minimum atomic E-state index is -0.605. The second-order valence-electron chi connectivity index (χ2n) is 6.13. The second kappa shape index (κ2) is 5.19. The van der Waals surface area contributed by atoms with Gasteiger partial charge in [0.05, 0.1) is 6.61 Å². The Balaban J connectivity index is 1.66. The van der Waals surface area contributed by atoms with E-state index in [0.29, 0.717) is 0 Å². The second-order valence-corrected chi connectivity index (χ2v) is 6.13. The zero-order valence-corrected chi connectivity index (χ0v) is 12.1. The summed E-state index contributed by atoms with van der Waals surface area (Å²) < 4.78 is 5.81. The lowest BCUT2D eigenvalue weighted by atomic mass is 9.95. The highest BCUT2D eigenvalue weighted by Gasteiger charge is 2.24. The first kappa shape index (κ1) is 12.9. The molecule has 0 spiro atoms. The lowest BCUT2D eigenvalue weighted by Crippen LogP contribution is -2.12. The summed E-state index contributed by atoms with van der Waals surface area (Å²) >= 11 is 0. The monoisotopic (exact) mass is 280 g/mol. The van der Waals surface area contributed by atoms with Crippen molar-refractivity contribution < 1.29 is 9.84 Å². The molecule has 1 aliphatic heterocycles. The smallest absolute Gasteiger partial charge is 0.128 e. The average Bonchev–Trinajstić information content (AvgIpc) is 3.39. The number of para-hydroxylation sites is 1. The Morgan fingerprint density at radius 2 is 1.86 bits per heavy atom. The molecule has 2 aromatic rings. The third kappa shape index (κ3) is 2.44. The molecule has 2 aliphatic rings. The standard InChI is InChI=1S/C19H20O2/c20-18(15-10-8-14(9-11-15)13-6-7-13)17-5-1-3-16-4-2-12-21-19(16)17/h1,3,5,8-11,13,18,20H,2,4,6-7,12H2. The highest BCUT2D eigenvalue weighted by Crippen LogP contribution is 2.41. The molecule has 108 valence electrons. The summed E-state index contributed by atoms with van der Waals surface area (Å²) in [6, 6.07) is 14.5. The zero-order chi connectivity index (χ0) is 14.2. The van der Waals surface area contributed by atoms with Crippen LogP contribution in [0.2, 0.25) is 0 Å². The third-order valence-corrected chi connectivity index (χ3v) is 4.56. The first-order valence-electron chi connectivity index (χ1n) is 7.85. The summed E-state index contributed by atoms with van der Waals surface area (Å²) in [5.74, 6) is 1.64. The van der Waals surface area contributed by atoms with Crippen LogP contribution < -0.4 is 4.74 Å². The van der Waals surface area contributed by atoms with Crippen molar-refractivity contribution in [3.63, 3.8) is 0 Å². The van der Waals surface area contributed by atoms with E-state index in [-0.39, 0.29) is 0 Å². The van der Waals surface area contributed by atoms with Crippen LogP contribution in [0.25, 0.3) is 0 Å². The van der Waals surface area contributed by atoms with E-state index in [1.54, 1.807) is 0 Å². The summed E-state index contributed by atoms with van der Waals surface area (Å²) in [6.07, 6.45) is 4.11. The van der Waals surface area contributed by atoms with Crippen LogP contribution in [0.5, 0.6) is 5.75 Å². The molecule has 1 aliphatic carbocycles. The highest BCUT2D eigenvalue weighted by molar-refractivity contribution is 5.47. The molecule has 1 heterocycles. The lowest BCUT2D eigenvalue weighted by molar-refractivity contribution is 0.206. The van der Waals surface area contributed by atoms with Crippen LogP contribution >= 0.6 is 0 Å². The van der Waals surface area contributed by atoms with Gasteiger partial charge in [-0.05, 0) is 48.3 Å². The number of benzene rings is 2. The Morgan fingerprint density at radius 3 is 2.62 bits per heavy atom. The number of aryl methyl sites for hydroxylation is 1. The molecule has 2 nitrogen and oxygen atoms in total. The fourth-order valence-corrected chi connectivity index (χ4v) is 3.18. The molecule has 0 aromatic heterocycles. The molecule has 2 heteroatoms. The van der Waals surface area contributed by atoms with Crippen LogP contribution in [0.15, 0.2) is 42.5 Å². The Labute approximate surface area is 125 Å². The summed E-state index contributed by atoms with van der Waals surface area (Å²) in [7, 11) is 0. The van der Waals surface area contributed by atoms with E-state index < -0.39 is 6.10 Å². The molecule has 4 rings (SSSR count). The first-order chi connectivity index (χ1) is 10.3. The van der Waals surface area contributed by atoms with Crippen molar-refractivity contribution in [2.45, 2.75) is 37.7 Å². The molecule has 1 unspecified atom stereocenters. The van der Waals surface area contributed by atoms with E-state index in [4.69, 9.17) is 4.74 Å². The summed E-state index contributed by atoms with van der Waals surface area (Å²) in [4.78, 5) is 0.